The maximum Gasteiger partial charge on any atom is 0.108 e. The topological polar surface area (TPSA) is 63.0 Å². The van der Waals surface area contributed by atoms with Crippen LogP contribution in [0.25, 0.3) is 0 Å². The lowest BCUT2D eigenvalue weighted by Crippen LogP contribution is -2.30. The zero-order valence-electron chi connectivity index (χ0n) is 8.19. The van der Waals surface area contributed by atoms with Crippen molar-refractivity contribution in [3.8, 4) is 0 Å². The van der Waals surface area contributed by atoms with E-state index < -0.39 is 0 Å². The predicted molar refractivity (Wildman–Crippen MR) is 51.5 cm³/mol. The number of nitrogens with one attached hydrogen (secondary N) is 1. The third-order valence-corrected chi connectivity index (χ3v) is 2.65. The van der Waals surface area contributed by atoms with Crippen LogP contribution in [0.5, 0.6) is 0 Å². The van der Waals surface area contributed by atoms with Gasteiger partial charge in [-0.05, 0) is 31.8 Å². The van der Waals surface area contributed by atoms with Crippen LogP contribution in [0.1, 0.15) is 18.5 Å². The first kappa shape index (κ1) is 9.61. The fraction of sp³-hybridized carbons (Fsp3) is 0.778. The number of hydrogen-bond donors (Lipinski definition) is 2. The van der Waals surface area contributed by atoms with Gasteiger partial charge in [0.25, 0.3) is 0 Å². The van der Waals surface area contributed by atoms with E-state index in [2.05, 4.69) is 15.6 Å². The van der Waals surface area contributed by atoms with Crippen molar-refractivity contribution < 1.29 is 5.11 Å². The van der Waals surface area contributed by atoms with E-state index in [9.17, 15) is 0 Å². The molecule has 0 saturated carbocycles. The van der Waals surface area contributed by atoms with Crippen LogP contribution in [-0.2, 0) is 13.2 Å². The van der Waals surface area contributed by atoms with Crippen LogP contribution in [0.4, 0.5) is 0 Å². The molecule has 0 radical (unpaired) electrons. The van der Waals surface area contributed by atoms with Crippen molar-refractivity contribution in [1.29, 1.82) is 0 Å². The molecule has 14 heavy (non-hydrogen) atoms. The Labute approximate surface area is 83.1 Å². The third kappa shape index (κ3) is 2.30. The maximum absolute atomic E-state index is 8.83. The lowest BCUT2D eigenvalue weighted by atomic mass is 9.98. The molecular weight excluding hydrogens is 180 g/mol. The van der Waals surface area contributed by atoms with E-state index in [0.717, 1.165) is 19.6 Å². The van der Waals surface area contributed by atoms with Crippen molar-refractivity contribution in [1.82, 2.24) is 20.3 Å². The minimum atomic E-state index is -0.0216. The summed E-state index contributed by atoms with van der Waals surface area (Å²) in [6.45, 7) is 3.11. The van der Waals surface area contributed by atoms with Gasteiger partial charge in [-0.25, -0.2) is 0 Å². The van der Waals surface area contributed by atoms with Gasteiger partial charge in [0.05, 0.1) is 12.8 Å². The quantitative estimate of drug-likeness (QED) is 0.701. The van der Waals surface area contributed by atoms with Crippen LogP contribution in [-0.4, -0.2) is 33.2 Å². The molecule has 0 aromatic carbocycles. The molecule has 0 amide bonds. The summed E-state index contributed by atoms with van der Waals surface area (Å²) in [4.78, 5) is 0. The Morgan fingerprint density at radius 1 is 1.50 bits per heavy atom. The highest BCUT2D eigenvalue weighted by molar-refractivity contribution is 4.89. The van der Waals surface area contributed by atoms with Gasteiger partial charge in [0, 0.05) is 6.54 Å². The van der Waals surface area contributed by atoms with Crippen molar-refractivity contribution in [3.05, 3.63) is 11.9 Å². The number of piperidine rings is 1. The molecule has 1 aliphatic heterocycles. The lowest BCUT2D eigenvalue weighted by Gasteiger charge is -2.21. The summed E-state index contributed by atoms with van der Waals surface area (Å²) in [5, 5.41) is 20.0. The zero-order chi connectivity index (χ0) is 9.80. The number of aromatic nitrogens is 3. The van der Waals surface area contributed by atoms with Crippen molar-refractivity contribution >= 4 is 0 Å². The van der Waals surface area contributed by atoms with Gasteiger partial charge in [-0.1, -0.05) is 5.21 Å². The van der Waals surface area contributed by atoms with Crippen molar-refractivity contribution in [2.75, 3.05) is 13.1 Å². The average Bonchev–Trinajstić information content (AvgIpc) is 2.67. The number of rotatable bonds is 3. The van der Waals surface area contributed by atoms with Gasteiger partial charge in [0.2, 0.25) is 0 Å². The first-order valence-electron chi connectivity index (χ1n) is 5.09. The van der Waals surface area contributed by atoms with E-state index in [1.165, 1.54) is 12.8 Å². The minimum absolute atomic E-state index is 0.0216. The fourth-order valence-electron chi connectivity index (χ4n) is 1.83. The second-order valence-corrected chi connectivity index (χ2v) is 3.78. The molecule has 1 aromatic heterocycles. The summed E-state index contributed by atoms with van der Waals surface area (Å²) in [7, 11) is 0. The fourth-order valence-corrected chi connectivity index (χ4v) is 1.83. The van der Waals surface area contributed by atoms with Crippen LogP contribution in [0.15, 0.2) is 6.20 Å². The van der Waals surface area contributed by atoms with Crippen LogP contribution in [0.2, 0.25) is 0 Å². The van der Waals surface area contributed by atoms with E-state index in [0.29, 0.717) is 11.6 Å². The third-order valence-electron chi connectivity index (χ3n) is 2.65. The van der Waals surface area contributed by atoms with Gasteiger partial charge >= 0.3 is 0 Å². The van der Waals surface area contributed by atoms with Crippen molar-refractivity contribution in [2.45, 2.75) is 26.0 Å². The Bertz CT molecular complexity index is 280. The number of hydrogen-bond acceptors (Lipinski definition) is 4. The molecule has 2 rings (SSSR count). The summed E-state index contributed by atoms with van der Waals surface area (Å²) in [5.41, 5.74) is 0.652. The maximum atomic E-state index is 8.83. The molecule has 1 fully saturated rings. The van der Waals surface area contributed by atoms with Crippen LogP contribution in [0, 0.1) is 5.92 Å². The Morgan fingerprint density at radius 2 is 2.29 bits per heavy atom. The Hall–Kier alpha value is -0.940. The molecule has 2 heterocycles. The summed E-state index contributed by atoms with van der Waals surface area (Å²) in [6.07, 6.45) is 4.23. The SMILES string of the molecule is OCc1cn(CC2CCNCC2)nn1. The van der Waals surface area contributed by atoms with Gasteiger partial charge in [0.1, 0.15) is 5.69 Å². The van der Waals surface area contributed by atoms with E-state index in [1.807, 2.05) is 10.9 Å². The molecule has 1 aromatic rings. The highest BCUT2D eigenvalue weighted by atomic mass is 16.3. The van der Waals surface area contributed by atoms with E-state index in [1.54, 1.807) is 0 Å². The monoisotopic (exact) mass is 196 g/mol. The number of aliphatic hydroxyl groups excluding tert-OH is 1. The van der Waals surface area contributed by atoms with Crippen LogP contribution >= 0.6 is 0 Å². The minimum Gasteiger partial charge on any atom is -0.390 e. The van der Waals surface area contributed by atoms with Gasteiger partial charge < -0.3 is 10.4 Å². The molecule has 0 aliphatic carbocycles. The van der Waals surface area contributed by atoms with Crippen molar-refractivity contribution in [2.24, 2.45) is 5.92 Å². The molecule has 0 spiro atoms. The average molecular weight is 196 g/mol. The summed E-state index contributed by atoms with van der Waals surface area (Å²) < 4.78 is 1.83. The molecule has 5 nitrogen and oxygen atoms in total. The lowest BCUT2D eigenvalue weighted by molar-refractivity contribution is 0.276. The van der Waals surface area contributed by atoms with Crippen LogP contribution in [0.3, 0.4) is 0 Å². The molecule has 1 aliphatic rings. The van der Waals surface area contributed by atoms with Gasteiger partial charge in [-0.2, -0.15) is 0 Å². The van der Waals surface area contributed by atoms with Gasteiger partial charge in [-0.15, -0.1) is 5.10 Å². The predicted octanol–water partition coefficient (Wildman–Crippen LogP) is -0.230. The Morgan fingerprint density at radius 3 is 2.93 bits per heavy atom. The Balaban J connectivity index is 1.89. The molecule has 2 N–H and O–H groups in total. The van der Waals surface area contributed by atoms with E-state index in [-0.39, 0.29) is 6.61 Å². The second-order valence-electron chi connectivity index (χ2n) is 3.78. The molecule has 5 heteroatoms. The molecule has 0 unspecified atom stereocenters. The molecule has 1 saturated heterocycles. The molecule has 78 valence electrons. The normalized spacial score (nSPS) is 18.6. The first-order chi connectivity index (χ1) is 6.88. The van der Waals surface area contributed by atoms with E-state index in [4.69, 9.17) is 5.11 Å². The highest BCUT2D eigenvalue weighted by Crippen LogP contribution is 2.13. The molecular formula is C9H16N4O. The smallest absolute Gasteiger partial charge is 0.108 e. The van der Waals surface area contributed by atoms with Crippen LogP contribution < -0.4 is 5.32 Å². The second kappa shape index (κ2) is 4.52. The molecule has 0 bridgehead atoms. The zero-order valence-corrected chi connectivity index (χ0v) is 8.19. The summed E-state index contributed by atoms with van der Waals surface area (Å²) >= 11 is 0. The van der Waals surface area contributed by atoms with E-state index >= 15 is 0 Å². The highest BCUT2D eigenvalue weighted by Gasteiger charge is 2.14. The van der Waals surface area contributed by atoms with Gasteiger partial charge in [-0.3, -0.25) is 4.68 Å². The first-order valence-corrected chi connectivity index (χ1v) is 5.09. The standard InChI is InChI=1S/C9H16N4O/c14-7-9-6-13(12-11-9)5-8-1-3-10-4-2-8/h6,8,10,14H,1-5,7H2. The molecule has 0 atom stereocenters. The largest absolute Gasteiger partial charge is 0.390 e. The number of aliphatic hydroxyl groups is 1. The summed E-state index contributed by atoms with van der Waals surface area (Å²) in [5.74, 6) is 0.699. The van der Waals surface area contributed by atoms with Gasteiger partial charge in [0.15, 0.2) is 0 Å². The van der Waals surface area contributed by atoms with Crippen molar-refractivity contribution in [3.63, 3.8) is 0 Å². The number of nitrogens with zero attached hydrogens (tertiary/aromatic N) is 3. The Kier molecular flexibility index (Phi) is 3.10. The summed E-state index contributed by atoms with van der Waals surface area (Å²) in [6, 6.07) is 0.